The lowest BCUT2D eigenvalue weighted by Crippen LogP contribution is -2.39. The summed E-state index contributed by atoms with van der Waals surface area (Å²) in [6, 6.07) is 0. The third kappa shape index (κ3) is 3.20. The molecule has 6 heteroatoms. The molecule has 2 aliphatic rings. The summed E-state index contributed by atoms with van der Waals surface area (Å²) < 4.78 is 5.40. The maximum Gasteiger partial charge on any atom is 0.138 e. The van der Waals surface area contributed by atoms with Gasteiger partial charge in [0.05, 0.1) is 18.6 Å². The van der Waals surface area contributed by atoms with Gasteiger partial charge in [-0.05, 0) is 30.7 Å². The quantitative estimate of drug-likeness (QED) is 0.932. The average molecular weight is 332 g/mol. The van der Waals surface area contributed by atoms with E-state index < -0.39 is 0 Å². The number of thiophene rings is 1. The first-order chi connectivity index (χ1) is 11.3. The third-order valence-corrected chi connectivity index (χ3v) is 6.08. The Kier molecular flexibility index (Phi) is 4.46. The SMILES string of the molecule is C[C@H]1CCc2c(sc3ncnc(NCCN4CCOCC4)c23)C1. The summed E-state index contributed by atoms with van der Waals surface area (Å²) in [7, 11) is 0. The van der Waals surface area contributed by atoms with Gasteiger partial charge in [0.2, 0.25) is 0 Å². The molecule has 3 heterocycles. The van der Waals surface area contributed by atoms with E-state index >= 15 is 0 Å². The van der Waals surface area contributed by atoms with Crippen molar-refractivity contribution in [1.29, 1.82) is 0 Å². The normalized spacial score (nSPS) is 22.2. The molecule has 0 bridgehead atoms. The van der Waals surface area contributed by atoms with Gasteiger partial charge < -0.3 is 10.1 Å². The fourth-order valence-corrected chi connectivity index (χ4v) is 4.92. The van der Waals surface area contributed by atoms with E-state index in [-0.39, 0.29) is 0 Å². The number of hydrogen-bond donors (Lipinski definition) is 1. The van der Waals surface area contributed by atoms with Gasteiger partial charge in [-0.25, -0.2) is 9.97 Å². The number of nitrogens with zero attached hydrogens (tertiary/aromatic N) is 3. The summed E-state index contributed by atoms with van der Waals surface area (Å²) >= 11 is 1.86. The molecule has 1 fully saturated rings. The second kappa shape index (κ2) is 6.71. The molecule has 1 saturated heterocycles. The molecule has 1 aliphatic carbocycles. The Hall–Kier alpha value is -1.24. The van der Waals surface area contributed by atoms with Crippen LogP contribution in [0.5, 0.6) is 0 Å². The highest BCUT2D eigenvalue weighted by Crippen LogP contribution is 2.39. The van der Waals surface area contributed by atoms with Crippen molar-refractivity contribution in [2.75, 3.05) is 44.7 Å². The highest BCUT2D eigenvalue weighted by atomic mass is 32.1. The zero-order valence-corrected chi connectivity index (χ0v) is 14.5. The molecule has 23 heavy (non-hydrogen) atoms. The van der Waals surface area contributed by atoms with Crippen LogP contribution in [0.2, 0.25) is 0 Å². The number of morpholine rings is 1. The summed E-state index contributed by atoms with van der Waals surface area (Å²) in [5, 5.41) is 4.83. The van der Waals surface area contributed by atoms with E-state index in [2.05, 4.69) is 27.1 Å². The molecule has 0 radical (unpaired) electrons. The van der Waals surface area contributed by atoms with Gasteiger partial charge in [-0.1, -0.05) is 6.92 Å². The van der Waals surface area contributed by atoms with Crippen molar-refractivity contribution in [2.45, 2.75) is 26.2 Å². The zero-order chi connectivity index (χ0) is 15.6. The molecule has 0 unspecified atom stereocenters. The largest absolute Gasteiger partial charge is 0.379 e. The molecule has 5 nitrogen and oxygen atoms in total. The molecule has 0 aromatic carbocycles. The molecular formula is C17H24N4OS. The Labute approximate surface area is 141 Å². The predicted molar refractivity (Wildman–Crippen MR) is 94.4 cm³/mol. The topological polar surface area (TPSA) is 50.3 Å². The van der Waals surface area contributed by atoms with Crippen LogP contribution in [-0.2, 0) is 17.6 Å². The van der Waals surface area contributed by atoms with Crippen LogP contribution in [0.15, 0.2) is 6.33 Å². The molecule has 1 N–H and O–H groups in total. The van der Waals surface area contributed by atoms with Gasteiger partial charge in [0.1, 0.15) is 17.0 Å². The van der Waals surface area contributed by atoms with Crippen molar-refractivity contribution in [2.24, 2.45) is 5.92 Å². The number of ether oxygens (including phenoxy) is 1. The van der Waals surface area contributed by atoms with E-state index in [4.69, 9.17) is 4.74 Å². The standard InChI is InChI=1S/C17H24N4OS/c1-12-2-3-13-14(10-12)23-17-15(13)16(19-11-20-17)18-4-5-21-6-8-22-9-7-21/h11-12H,2-10H2,1H3,(H,18,19,20)/t12-/m0/s1. The maximum atomic E-state index is 5.40. The molecule has 1 atom stereocenters. The maximum absolute atomic E-state index is 5.40. The fourth-order valence-electron chi connectivity index (χ4n) is 3.57. The molecule has 0 saturated carbocycles. The lowest BCUT2D eigenvalue weighted by atomic mass is 9.89. The second-order valence-corrected chi connectivity index (χ2v) is 7.72. The van der Waals surface area contributed by atoms with Crippen molar-refractivity contribution in [3.63, 3.8) is 0 Å². The Bertz CT molecular complexity index is 681. The first kappa shape index (κ1) is 15.3. The lowest BCUT2D eigenvalue weighted by Gasteiger charge is -2.26. The summed E-state index contributed by atoms with van der Waals surface area (Å²) in [6.07, 6.45) is 5.34. The molecule has 1 aliphatic heterocycles. The summed E-state index contributed by atoms with van der Waals surface area (Å²) in [6.45, 7) is 8.09. The molecule has 2 aromatic heterocycles. The molecule has 2 aromatic rings. The van der Waals surface area contributed by atoms with E-state index in [1.54, 1.807) is 6.33 Å². The minimum absolute atomic E-state index is 0.793. The minimum Gasteiger partial charge on any atom is -0.379 e. The predicted octanol–water partition coefficient (Wildman–Crippen LogP) is 2.56. The summed E-state index contributed by atoms with van der Waals surface area (Å²) in [5.74, 6) is 1.82. The Morgan fingerprint density at radius 2 is 2.22 bits per heavy atom. The van der Waals surface area contributed by atoms with E-state index in [0.717, 1.165) is 56.0 Å². The van der Waals surface area contributed by atoms with Crippen LogP contribution in [0.4, 0.5) is 5.82 Å². The molecule has 124 valence electrons. The van der Waals surface area contributed by atoms with Gasteiger partial charge in [-0.2, -0.15) is 0 Å². The van der Waals surface area contributed by atoms with Gasteiger partial charge in [0, 0.05) is 31.1 Å². The van der Waals surface area contributed by atoms with Crippen molar-refractivity contribution >= 4 is 27.4 Å². The van der Waals surface area contributed by atoms with Crippen LogP contribution in [0.1, 0.15) is 23.8 Å². The first-order valence-electron chi connectivity index (χ1n) is 8.60. The molecule has 0 spiro atoms. The van der Waals surface area contributed by atoms with Gasteiger partial charge in [-0.3, -0.25) is 4.90 Å². The number of aryl methyl sites for hydroxylation is 1. The average Bonchev–Trinajstić information content (AvgIpc) is 2.94. The zero-order valence-electron chi connectivity index (χ0n) is 13.7. The van der Waals surface area contributed by atoms with Crippen molar-refractivity contribution in [3.05, 3.63) is 16.8 Å². The molecule has 0 amide bonds. The number of aromatic nitrogens is 2. The number of hydrogen-bond acceptors (Lipinski definition) is 6. The number of rotatable bonds is 4. The summed E-state index contributed by atoms with van der Waals surface area (Å²) in [4.78, 5) is 14.2. The number of fused-ring (bicyclic) bond motifs is 3. The lowest BCUT2D eigenvalue weighted by molar-refractivity contribution is 0.0398. The second-order valence-electron chi connectivity index (χ2n) is 6.63. The van der Waals surface area contributed by atoms with E-state index in [1.807, 2.05) is 11.3 Å². The Morgan fingerprint density at radius 3 is 3.09 bits per heavy atom. The Morgan fingerprint density at radius 1 is 1.35 bits per heavy atom. The van der Waals surface area contributed by atoms with E-state index in [1.165, 1.54) is 35.1 Å². The molecule has 4 rings (SSSR count). The van der Waals surface area contributed by atoms with Gasteiger partial charge >= 0.3 is 0 Å². The van der Waals surface area contributed by atoms with E-state index in [0.29, 0.717) is 0 Å². The number of anilines is 1. The van der Waals surface area contributed by atoms with Gasteiger partial charge in [0.25, 0.3) is 0 Å². The van der Waals surface area contributed by atoms with Crippen LogP contribution in [0.3, 0.4) is 0 Å². The summed E-state index contributed by atoms with van der Waals surface area (Å²) in [5.41, 5.74) is 1.50. The van der Waals surface area contributed by atoms with Crippen LogP contribution in [0, 0.1) is 5.92 Å². The van der Waals surface area contributed by atoms with Gasteiger partial charge in [-0.15, -0.1) is 11.3 Å². The first-order valence-corrected chi connectivity index (χ1v) is 9.42. The van der Waals surface area contributed by atoms with Gasteiger partial charge in [0.15, 0.2) is 0 Å². The highest BCUT2D eigenvalue weighted by molar-refractivity contribution is 7.19. The fraction of sp³-hybridized carbons (Fsp3) is 0.647. The van der Waals surface area contributed by atoms with E-state index in [9.17, 15) is 0 Å². The van der Waals surface area contributed by atoms with Crippen molar-refractivity contribution < 1.29 is 4.74 Å². The Balaban J connectivity index is 1.50. The third-order valence-electron chi connectivity index (χ3n) is 4.92. The smallest absolute Gasteiger partial charge is 0.138 e. The molecular weight excluding hydrogens is 308 g/mol. The van der Waals surface area contributed by atoms with Crippen molar-refractivity contribution in [1.82, 2.24) is 14.9 Å². The van der Waals surface area contributed by atoms with Crippen LogP contribution in [-0.4, -0.2) is 54.3 Å². The van der Waals surface area contributed by atoms with Crippen LogP contribution in [0.25, 0.3) is 10.2 Å². The van der Waals surface area contributed by atoms with Crippen LogP contribution < -0.4 is 5.32 Å². The van der Waals surface area contributed by atoms with Crippen LogP contribution >= 0.6 is 11.3 Å². The minimum atomic E-state index is 0.793. The number of nitrogens with one attached hydrogen (secondary N) is 1. The van der Waals surface area contributed by atoms with Crippen molar-refractivity contribution in [3.8, 4) is 0 Å². The monoisotopic (exact) mass is 332 g/mol. The highest BCUT2D eigenvalue weighted by Gasteiger charge is 2.23.